The Morgan fingerprint density at radius 3 is 2.53 bits per heavy atom. The van der Waals surface area contributed by atoms with Crippen molar-refractivity contribution in [1.29, 1.82) is 0 Å². The van der Waals surface area contributed by atoms with E-state index in [0.29, 0.717) is 5.88 Å². The summed E-state index contributed by atoms with van der Waals surface area (Å²) in [6, 6.07) is 6.40. The van der Waals surface area contributed by atoms with Crippen molar-refractivity contribution in [2.45, 2.75) is 18.7 Å². The van der Waals surface area contributed by atoms with Crippen LogP contribution in [-0.2, 0) is 5.88 Å². The van der Waals surface area contributed by atoms with E-state index >= 15 is 0 Å². The van der Waals surface area contributed by atoms with Crippen LogP contribution >= 0.6 is 27.5 Å². The Hall–Kier alpha value is -0.250. The van der Waals surface area contributed by atoms with E-state index in [1.807, 2.05) is 0 Å². The van der Waals surface area contributed by atoms with Crippen LogP contribution in [0.4, 0.5) is 5.69 Å². The van der Waals surface area contributed by atoms with Gasteiger partial charge in [-0.1, -0.05) is 22.0 Å². The first-order valence-electron chi connectivity index (χ1n) is 7.08. The Morgan fingerprint density at radius 2 is 1.89 bits per heavy atom. The Balaban J connectivity index is 1.65. The van der Waals surface area contributed by atoms with Crippen LogP contribution in [-0.4, -0.2) is 37.6 Å². The third-order valence-electron chi connectivity index (χ3n) is 4.12. The third kappa shape index (κ3) is 3.45. The van der Waals surface area contributed by atoms with Gasteiger partial charge in [0.15, 0.2) is 0 Å². The summed E-state index contributed by atoms with van der Waals surface area (Å²) in [7, 11) is 0. The van der Waals surface area contributed by atoms with Gasteiger partial charge in [-0.2, -0.15) is 0 Å². The zero-order chi connectivity index (χ0) is 13.2. The summed E-state index contributed by atoms with van der Waals surface area (Å²) in [6.07, 6.45) is 2.89. The van der Waals surface area contributed by atoms with Gasteiger partial charge in [-0.15, -0.1) is 11.6 Å². The predicted octanol–water partition coefficient (Wildman–Crippen LogP) is 3.72. The van der Waals surface area contributed by atoms with E-state index in [1.165, 1.54) is 43.7 Å². The largest absolute Gasteiger partial charge is 0.369 e. The van der Waals surface area contributed by atoms with Crippen molar-refractivity contribution in [1.82, 2.24) is 4.90 Å². The Bertz CT molecular complexity index is 440. The fraction of sp³-hybridized carbons (Fsp3) is 0.600. The van der Waals surface area contributed by atoms with Gasteiger partial charge < -0.3 is 4.90 Å². The number of hydrogen-bond acceptors (Lipinski definition) is 2. The molecule has 0 aromatic heterocycles. The molecule has 0 amide bonds. The van der Waals surface area contributed by atoms with Crippen LogP contribution in [0.1, 0.15) is 18.4 Å². The highest BCUT2D eigenvalue weighted by molar-refractivity contribution is 9.10. The first-order valence-corrected chi connectivity index (χ1v) is 8.40. The number of alkyl halides is 1. The molecule has 0 atom stereocenters. The van der Waals surface area contributed by atoms with Crippen molar-refractivity contribution < 1.29 is 0 Å². The minimum absolute atomic E-state index is 0.588. The lowest BCUT2D eigenvalue weighted by Crippen LogP contribution is -2.47. The van der Waals surface area contributed by atoms with E-state index in [1.54, 1.807) is 0 Å². The fourth-order valence-corrected chi connectivity index (χ4v) is 3.36. The van der Waals surface area contributed by atoms with Gasteiger partial charge in [0.1, 0.15) is 0 Å². The average molecular weight is 344 g/mol. The highest BCUT2D eigenvalue weighted by Crippen LogP contribution is 2.31. The molecule has 1 aromatic rings. The van der Waals surface area contributed by atoms with Crippen LogP contribution in [0.2, 0.25) is 0 Å². The summed E-state index contributed by atoms with van der Waals surface area (Å²) in [5, 5.41) is 0. The summed E-state index contributed by atoms with van der Waals surface area (Å²) in [5.74, 6) is 1.58. The normalized spacial score (nSPS) is 20.8. The number of hydrogen-bond donors (Lipinski definition) is 0. The molecular formula is C15H20BrClN2. The second-order valence-electron chi connectivity index (χ2n) is 5.64. The molecule has 1 aliphatic carbocycles. The van der Waals surface area contributed by atoms with E-state index in [0.717, 1.165) is 23.5 Å². The molecule has 2 aliphatic rings. The molecule has 1 saturated carbocycles. The summed E-state index contributed by atoms with van der Waals surface area (Å²) in [6.45, 7) is 5.92. The topological polar surface area (TPSA) is 6.48 Å². The minimum Gasteiger partial charge on any atom is -0.369 e. The average Bonchev–Trinajstić information content (AvgIpc) is 3.23. The van der Waals surface area contributed by atoms with Gasteiger partial charge in [0, 0.05) is 48.8 Å². The van der Waals surface area contributed by atoms with E-state index in [-0.39, 0.29) is 0 Å². The van der Waals surface area contributed by atoms with Crippen molar-refractivity contribution in [2.24, 2.45) is 5.92 Å². The van der Waals surface area contributed by atoms with Gasteiger partial charge in [-0.05, 0) is 36.5 Å². The maximum Gasteiger partial charge on any atom is 0.0494 e. The lowest BCUT2D eigenvalue weighted by Gasteiger charge is -2.37. The molecule has 1 aromatic carbocycles. The fourth-order valence-electron chi connectivity index (χ4n) is 2.78. The highest BCUT2D eigenvalue weighted by Gasteiger charge is 2.26. The molecule has 0 N–H and O–H groups in total. The van der Waals surface area contributed by atoms with Crippen molar-refractivity contribution in [2.75, 3.05) is 37.6 Å². The van der Waals surface area contributed by atoms with Crippen LogP contribution in [0.25, 0.3) is 0 Å². The second kappa shape index (κ2) is 6.02. The SMILES string of the molecule is ClCc1ccc(Br)cc1N1CCN(CC2CC2)CC1. The second-order valence-corrected chi connectivity index (χ2v) is 6.82. The number of benzene rings is 1. The summed E-state index contributed by atoms with van der Waals surface area (Å²) in [4.78, 5) is 5.10. The molecule has 2 nitrogen and oxygen atoms in total. The first-order chi connectivity index (χ1) is 9.26. The molecular weight excluding hydrogens is 324 g/mol. The molecule has 1 saturated heterocycles. The lowest BCUT2D eigenvalue weighted by molar-refractivity contribution is 0.248. The molecule has 1 aliphatic heterocycles. The maximum atomic E-state index is 6.06. The van der Waals surface area contributed by atoms with Crippen LogP contribution in [0.3, 0.4) is 0 Å². The van der Waals surface area contributed by atoms with E-state index in [9.17, 15) is 0 Å². The molecule has 3 rings (SSSR count). The van der Waals surface area contributed by atoms with Gasteiger partial charge >= 0.3 is 0 Å². The molecule has 104 valence electrons. The quantitative estimate of drug-likeness (QED) is 0.769. The lowest BCUT2D eigenvalue weighted by atomic mass is 10.1. The van der Waals surface area contributed by atoms with Gasteiger partial charge in [0.05, 0.1) is 0 Å². The van der Waals surface area contributed by atoms with Crippen LogP contribution in [0.15, 0.2) is 22.7 Å². The maximum absolute atomic E-state index is 6.06. The smallest absolute Gasteiger partial charge is 0.0494 e. The van der Waals surface area contributed by atoms with Gasteiger partial charge in [-0.3, -0.25) is 4.90 Å². The van der Waals surface area contributed by atoms with Gasteiger partial charge in [0.2, 0.25) is 0 Å². The van der Waals surface area contributed by atoms with Crippen LogP contribution < -0.4 is 4.90 Å². The first kappa shape index (κ1) is 13.7. The van der Waals surface area contributed by atoms with Crippen molar-refractivity contribution >= 4 is 33.2 Å². The van der Waals surface area contributed by atoms with Crippen LogP contribution in [0, 0.1) is 5.92 Å². The van der Waals surface area contributed by atoms with Crippen molar-refractivity contribution in [3.05, 3.63) is 28.2 Å². The number of rotatable bonds is 4. The summed E-state index contributed by atoms with van der Waals surface area (Å²) < 4.78 is 1.14. The van der Waals surface area contributed by atoms with Gasteiger partial charge in [-0.25, -0.2) is 0 Å². The molecule has 2 fully saturated rings. The zero-order valence-corrected chi connectivity index (χ0v) is 13.5. The molecule has 1 heterocycles. The molecule has 0 bridgehead atoms. The highest BCUT2D eigenvalue weighted by atomic mass is 79.9. The van der Waals surface area contributed by atoms with Crippen molar-refractivity contribution in [3.63, 3.8) is 0 Å². The summed E-state index contributed by atoms with van der Waals surface area (Å²) >= 11 is 9.62. The number of anilines is 1. The van der Waals surface area contributed by atoms with Crippen molar-refractivity contribution in [3.8, 4) is 0 Å². The predicted molar refractivity (Wildman–Crippen MR) is 85.1 cm³/mol. The number of halogens is 2. The number of piperazine rings is 1. The number of nitrogens with zero attached hydrogens (tertiary/aromatic N) is 2. The minimum atomic E-state index is 0.588. The monoisotopic (exact) mass is 342 g/mol. The molecule has 0 radical (unpaired) electrons. The Morgan fingerprint density at radius 1 is 1.16 bits per heavy atom. The Labute approximate surface area is 128 Å². The molecule has 19 heavy (non-hydrogen) atoms. The molecule has 0 unspecified atom stereocenters. The Kier molecular flexibility index (Phi) is 4.35. The third-order valence-corrected chi connectivity index (χ3v) is 4.90. The molecule has 0 spiro atoms. The molecule has 4 heteroatoms. The summed E-state index contributed by atoms with van der Waals surface area (Å²) in [5.41, 5.74) is 2.54. The zero-order valence-electron chi connectivity index (χ0n) is 11.1. The van der Waals surface area contributed by atoms with E-state index < -0.39 is 0 Å². The van der Waals surface area contributed by atoms with E-state index in [4.69, 9.17) is 11.6 Å². The van der Waals surface area contributed by atoms with Gasteiger partial charge in [0.25, 0.3) is 0 Å². The van der Waals surface area contributed by atoms with Crippen LogP contribution in [0.5, 0.6) is 0 Å². The standard InChI is InChI=1S/C15H20BrClN2/c16-14-4-3-13(10-17)15(9-14)19-7-5-18(6-8-19)11-12-1-2-12/h3-4,9,12H,1-2,5-8,10-11H2. The van der Waals surface area contributed by atoms with E-state index in [2.05, 4.69) is 43.9 Å².